The number of thiazole rings is 1. The molecule has 0 saturated heterocycles. The normalized spacial score (nSPS) is 14.1. The third-order valence-corrected chi connectivity index (χ3v) is 8.49. The number of aromatic nitrogens is 1. The number of rotatable bonds is 7. The van der Waals surface area contributed by atoms with Crippen LogP contribution >= 0.6 is 23.1 Å². The van der Waals surface area contributed by atoms with Crippen LogP contribution in [0.1, 0.15) is 12.5 Å². The lowest BCUT2D eigenvalue weighted by Crippen LogP contribution is -2.19. The van der Waals surface area contributed by atoms with Gasteiger partial charge in [-0.3, -0.25) is 4.79 Å². The van der Waals surface area contributed by atoms with Crippen LogP contribution in [0.4, 0.5) is 0 Å². The number of carbonyl (C=O) groups excluding carboxylic acids is 1. The minimum absolute atomic E-state index is 0.0438. The Hall–Kier alpha value is -2.30. The van der Waals surface area contributed by atoms with E-state index < -0.39 is 9.84 Å². The van der Waals surface area contributed by atoms with Crippen molar-refractivity contribution < 1.29 is 22.7 Å². The van der Waals surface area contributed by atoms with Gasteiger partial charge in [0.1, 0.15) is 13.2 Å². The third-order valence-electron chi connectivity index (χ3n) is 5.10. The zero-order chi connectivity index (χ0) is 22.7. The van der Waals surface area contributed by atoms with Crippen molar-refractivity contribution in [1.29, 1.82) is 0 Å². The highest BCUT2D eigenvalue weighted by Gasteiger charge is 2.17. The second-order valence-electron chi connectivity index (χ2n) is 7.22. The van der Waals surface area contributed by atoms with Crippen LogP contribution in [-0.2, 0) is 27.6 Å². The summed E-state index contributed by atoms with van der Waals surface area (Å²) < 4.78 is 38.4. The van der Waals surface area contributed by atoms with E-state index in [9.17, 15) is 13.2 Å². The van der Waals surface area contributed by atoms with E-state index in [1.165, 1.54) is 11.3 Å². The molecule has 10 heteroatoms. The summed E-state index contributed by atoms with van der Waals surface area (Å²) in [5.41, 5.74) is 1.69. The van der Waals surface area contributed by atoms with Gasteiger partial charge in [0.25, 0.3) is 5.91 Å². The average molecular weight is 493 g/mol. The van der Waals surface area contributed by atoms with Crippen molar-refractivity contribution in [3.8, 4) is 11.5 Å². The zero-order valence-corrected chi connectivity index (χ0v) is 20.3. The third kappa shape index (κ3) is 4.87. The minimum atomic E-state index is -3.26. The van der Waals surface area contributed by atoms with Crippen molar-refractivity contribution in [1.82, 2.24) is 4.57 Å². The summed E-state index contributed by atoms with van der Waals surface area (Å²) in [6.45, 7) is 3.36. The van der Waals surface area contributed by atoms with E-state index in [1.54, 1.807) is 43.0 Å². The fourth-order valence-corrected chi connectivity index (χ4v) is 5.73. The molecule has 7 nitrogen and oxygen atoms in total. The summed E-state index contributed by atoms with van der Waals surface area (Å²) in [4.78, 5) is 18.0. The fraction of sp³-hybridized carbons (Fsp3) is 0.364. The molecule has 170 valence electrons. The van der Waals surface area contributed by atoms with Crippen LogP contribution < -0.4 is 14.3 Å². The van der Waals surface area contributed by atoms with Gasteiger partial charge in [-0.15, -0.1) is 0 Å². The molecule has 0 spiro atoms. The Morgan fingerprint density at radius 2 is 1.84 bits per heavy atom. The predicted octanol–water partition coefficient (Wildman–Crippen LogP) is 3.30. The summed E-state index contributed by atoms with van der Waals surface area (Å²) in [5.74, 6) is 2.07. The van der Waals surface area contributed by atoms with Gasteiger partial charge in [-0.25, -0.2) is 8.42 Å². The van der Waals surface area contributed by atoms with E-state index in [0.29, 0.717) is 29.5 Å². The van der Waals surface area contributed by atoms with Crippen LogP contribution in [0.15, 0.2) is 46.3 Å². The molecule has 0 N–H and O–H groups in total. The number of benzene rings is 2. The number of sulfone groups is 1. The smallest absolute Gasteiger partial charge is 0.252 e. The van der Waals surface area contributed by atoms with E-state index in [2.05, 4.69) is 4.99 Å². The van der Waals surface area contributed by atoms with Crippen LogP contribution in [0.2, 0.25) is 0 Å². The van der Waals surface area contributed by atoms with Gasteiger partial charge in [0.05, 0.1) is 27.3 Å². The van der Waals surface area contributed by atoms with Crippen LogP contribution in [0, 0.1) is 0 Å². The quantitative estimate of drug-likeness (QED) is 0.503. The van der Waals surface area contributed by atoms with Crippen molar-refractivity contribution in [2.75, 3.05) is 31.0 Å². The second-order valence-corrected chi connectivity index (χ2v) is 11.5. The first-order valence-corrected chi connectivity index (χ1v) is 14.1. The van der Waals surface area contributed by atoms with Gasteiger partial charge in [-0.1, -0.05) is 30.4 Å². The number of carbonyl (C=O) groups is 1. The number of hydrogen-bond donors (Lipinski definition) is 0. The molecule has 4 rings (SSSR count). The molecule has 0 fully saturated rings. The molecule has 1 aromatic heterocycles. The van der Waals surface area contributed by atoms with Gasteiger partial charge >= 0.3 is 0 Å². The Labute approximate surface area is 195 Å². The Morgan fingerprint density at radius 3 is 2.50 bits per heavy atom. The van der Waals surface area contributed by atoms with Crippen LogP contribution in [0.25, 0.3) is 10.2 Å². The lowest BCUT2D eigenvalue weighted by Gasteiger charge is -2.18. The van der Waals surface area contributed by atoms with Gasteiger partial charge in [-0.05, 0) is 24.0 Å². The molecule has 0 aliphatic carbocycles. The molecule has 0 atom stereocenters. The summed E-state index contributed by atoms with van der Waals surface area (Å²) in [6.07, 6.45) is 2.14. The predicted molar refractivity (Wildman–Crippen MR) is 128 cm³/mol. The first kappa shape index (κ1) is 22.9. The molecule has 3 aromatic rings. The minimum Gasteiger partial charge on any atom is -0.486 e. The van der Waals surface area contributed by atoms with Gasteiger partial charge in [0, 0.05) is 24.4 Å². The van der Waals surface area contributed by atoms with Crippen LogP contribution in [0.3, 0.4) is 0 Å². The summed E-state index contributed by atoms with van der Waals surface area (Å²) in [7, 11) is -3.26. The standard InChI is InChI=1S/C22H24N2O5S3/c1-3-32(26,27)16-6-4-15(5-7-16)12-21(25)23-22-24(8-11-30-2)17-13-18-19(14-20(17)31-22)29-10-9-28-18/h4-7,13-14H,3,8-12H2,1-2H3. The maximum absolute atomic E-state index is 12.7. The number of amides is 1. The van der Waals surface area contributed by atoms with E-state index in [1.807, 2.05) is 23.0 Å². The molecule has 1 aliphatic rings. The highest BCUT2D eigenvalue weighted by molar-refractivity contribution is 7.98. The maximum atomic E-state index is 12.7. The molecule has 0 saturated carbocycles. The molecule has 2 heterocycles. The Bertz CT molecular complexity index is 1310. The SMILES string of the molecule is CCS(=O)(=O)c1ccc(CC(=O)N=c2sc3cc4c(cc3n2CCSC)OCCO4)cc1. The number of hydrogen-bond acceptors (Lipinski definition) is 7. The Morgan fingerprint density at radius 1 is 1.16 bits per heavy atom. The number of ether oxygens (including phenoxy) is 2. The van der Waals surface area contributed by atoms with E-state index in [4.69, 9.17) is 9.47 Å². The highest BCUT2D eigenvalue weighted by Crippen LogP contribution is 2.35. The lowest BCUT2D eigenvalue weighted by molar-refractivity contribution is -0.117. The molecule has 1 aliphatic heterocycles. The first-order valence-electron chi connectivity index (χ1n) is 10.2. The largest absolute Gasteiger partial charge is 0.486 e. The van der Waals surface area contributed by atoms with Crippen molar-refractivity contribution in [3.05, 3.63) is 46.8 Å². The van der Waals surface area contributed by atoms with Crippen molar-refractivity contribution in [2.24, 2.45) is 4.99 Å². The van der Waals surface area contributed by atoms with Gasteiger partial charge in [-0.2, -0.15) is 16.8 Å². The van der Waals surface area contributed by atoms with Gasteiger partial charge in [0.15, 0.2) is 26.1 Å². The topological polar surface area (TPSA) is 87.0 Å². The van der Waals surface area contributed by atoms with Crippen molar-refractivity contribution >= 4 is 49.1 Å². The van der Waals surface area contributed by atoms with Crippen LogP contribution in [0.5, 0.6) is 11.5 Å². The fourth-order valence-electron chi connectivity index (χ4n) is 3.39. The summed E-state index contributed by atoms with van der Waals surface area (Å²) in [6, 6.07) is 10.3. The maximum Gasteiger partial charge on any atom is 0.252 e. The molecule has 2 aromatic carbocycles. The zero-order valence-electron chi connectivity index (χ0n) is 17.9. The number of aryl methyl sites for hydroxylation is 1. The van der Waals surface area contributed by atoms with E-state index in [0.717, 1.165) is 28.1 Å². The Balaban J connectivity index is 1.65. The molecule has 0 bridgehead atoms. The van der Waals surface area contributed by atoms with Crippen molar-refractivity contribution in [3.63, 3.8) is 0 Å². The van der Waals surface area contributed by atoms with Crippen molar-refractivity contribution in [2.45, 2.75) is 24.8 Å². The monoisotopic (exact) mass is 492 g/mol. The number of nitrogens with zero attached hydrogens (tertiary/aromatic N) is 2. The molecule has 1 amide bonds. The van der Waals surface area contributed by atoms with Gasteiger partial charge in [0.2, 0.25) is 0 Å². The molecular weight excluding hydrogens is 468 g/mol. The lowest BCUT2D eigenvalue weighted by atomic mass is 10.1. The highest BCUT2D eigenvalue weighted by atomic mass is 32.2. The molecule has 0 unspecified atom stereocenters. The molecule has 0 radical (unpaired) electrons. The summed E-state index contributed by atoms with van der Waals surface area (Å²) in [5, 5.41) is 0. The second kappa shape index (κ2) is 9.68. The average Bonchev–Trinajstić information content (AvgIpc) is 3.11. The van der Waals surface area contributed by atoms with Gasteiger partial charge < -0.3 is 14.0 Å². The van der Waals surface area contributed by atoms with E-state index >= 15 is 0 Å². The summed E-state index contributed by atoms with van der Waals surface area (Å²) >= 11 is 3.17. The Kier molecular flexibility index (Phi) is 6.92. The van der Waals surface area contributed by atoms with Crippen LogP contribution in [-0.4, -0.2) is 49.9 Å². The number of fused-ring (bicyclic) bond motifs is 2. The van der Waals surface area contributed by atoms with E-state index in [-0.39, 0.29) is 23.0 Å². The molecular formula is C22H24N2O5S3. The molecule has 32 heavy (non-hydrogen) atoms. The number of thioether (sulfide) groups is 1. The first-order chi connectivity index (χ1) is 15.4.